The molecule has 0 aromatic carbocycles. The molecule has 0 aromatic rings. The van der Waals surface area contributed by atoms with Gasteiger partial charge in [-0.3, -0.25) is 0 Å². The van der Waals surface area contributed by atoms with Gasteiger partial charge in [0.2, 0.25) is 0 Å². The summed E-state index contributed by atoms with van der Waals surface area (Å²) in [6, 6.07) is 2.33. The number of hydrogen-bond acceptors (Lipinski definition) is 4. The van der Waals surface area contributed by atoms with E-state index in [2.05, 4.69) is 20.4 Å². The Labute approximate surface area is 138 Å². The molecule has 0 saturated heterocycles. The lowest BCUT2D eigenvalue weighted by Gasteiger charge is -2.18. The molecule has 0 aliphatic rings. The topological polar surface area (TPSA) is 44.8 Å². The van der Waals surface area contributed by atoms with E-state index in [1.807, 2.05) is 0 Å². The van der Waals surface area contributed by atoms with Crippen LogP contribution in [0.5, 0.6) is 0 Å². The first-order valence-electron chi connectivity index (χ1n) is 8.77. The van der Waals surface area contributed by atoms with Crippen LogP contribution in [0.25, 0.3) is 0 Å². The monoisotopic (exact) mass is 330 g/mol. The summed E-state index contributed by atoms with van der Waals surface area (Å²) in [5, 5.41) is 0. The molecule has 0 aromatic heterocycles. The average Bonchev–Trinajstić information content (AvgIpc) is 2.53. The molecule has 0 fully saturated rings. The first-order valence-corrected chi connectivity index (χ1v) is 10.8. The third-order valence-electron chi connectivity index (χ3n) is 3.35. The largest absolute Gasteiger partial charge is 0.463 e. The highest BCUT2D eigenvalue weighted by Crippen LogP contribution is 2.08. The van der Waals surface area contributed by atoms with Gasteiger partial charge in [-0.25, -0.2) is 4.79 Å². The molecule has 0 aliphatic heterocycles. The Balaban J connectivity index is 3.63. The minimum atomic E-state index is -0.328. The standard InChI is InChI=1S/C17H34O4Si/c1-4-7-11-20-17(21-12-8-5-2)15-22-14-10-9-13-19-16(18)6-3/h6,17H,3-5,7-15,22H2,1-2H3. The van der Waals surface area contributed by atoms with E-state index < -0.39 is 0 Å². The molecule has 0 N–H and O–H groups in total. The van der Waals surface area contributed by atoms with Crippen LogP contribution in [0, 0.1) is 0 Å². The molecule has 0 saturated carbocycles. The Kier molecular flexibility index (Phi) is 16.2. The first-order chi connectivity index (χ1) is 10.7. The van der Waals surface area contributed by atoms with Crippen molar-refractivity contribution in [1.82, 2.24) is 0 Å². The van der Waals surface area contributed by atoms with E-state index in [0.717, 1.165) is 57.8 Å². The summed E-state index contributed by atoms with van der Waals surface area (Å²) < 4.78 is 16.6. The van der Waals surface area contributed by atoms with Gasteiger partial charge in [-0.1, -0.05) is 45.7 Å². The summed E-state index contributed by atoms with van der Waals surface area (Å²) in [6.45, 7) is 9.83. The van der Waals surface area contributed by atoms with Gasteiger partial charge in [-0.2, -0.15) is 0 Å². The fraction of sp³-hybridized carbons (Fsp3) is 0.824. The second-order valence-corrected chi connectivity index (χ2v) is 7.44. The second-order valence-electron chi connectivity index (χ2n) is 5.45. The average molecular weight is 331 g/mol. The summed E-state index contributed by atoms with van der Waals surface area (Å²) in [5.41, 5.74) is 0. The molecule has 0 amide bonds. The fourth-order valence-corrected chi connectivity index (χ4v) is 3.59. The van der Waals surface area contributed by atoms with Crippen LogP contribution in [0.2, 0.25) is 12.1 Å². The molecule has 0 spiro atoms. The maximum atomic E-state index is 10.9. The third-order valence-corrected chi connectivity index (χ3v) is 5.23. The number of carbonyl (C=O) groups is 1. The van der Waals surface area contributed by atoms with Crippen molar-refractivity contribution < 1.29 is 19.0 Å². The van der Waals surface area contributed by atoms with Crippen molar-refractivity contribution in [2.24, 2.45) is 0 Å². The summed E-state index contributed by atoms with van der Waals surface area (Å²) in [5.74, 6) is -0.328. The number of rotatable bonds is 16. The van der Waals surface area contributed by atoms with E-state index in [0.29, 0.717) is 6.61 Å². The molecule has 130 valence electrons. The SMILES string of the molecule is C=CC(=O)OCCCC[SiH2]CC(OCCCC)OCCCC. The van der Waals surface area contributed by atoms with Crippen LogP contribution in [0.15, 0.2) is 12.7 Å². The van der Waals surface area contributed by atoms with Gasteiger partial charge in [0.15, 0.2) is 6.29 Å². The minimum Gasteiger partial charge on any atom is -0.463 e. The predicted molar refractivity (Wildman–Crippen MR) is 94.1 cm³/mol. The lowest BCUT2D eigenvalue weighted by molar-refractivity contribution is -0.137. The molecule has 0 atom stereocenters. The summed E-state index contributed by atoms with van der Waals surface area (Å²) in [4.78, 5) is 10.9. The Morgan fingerprint density at radius 1 is 1.05 bits per heavy atom. The molecule has 22 heavy (non-hydrogen) atoms. The lowest BCUT2D eigenvalue weighted by atomic mass is 10.3. The number of esters is 1. The molecule has 0 aliphatic carbocycles. The third kappa shape index (κ3) is 14.3. The Hall–Kier alpha value is -0.653. The normalized spacial score (nSPS) is 11.4. The number of carbonyl (C=O) groups excluding carboxylic acids is 1. The van der Waals surface area contributed by atoms with Crippen molar-refractivity contribution >= 4 is 15.5 Å². The summed E-state index contributed by atoms with van der Waals surface area (Å²) in [7, 11) is -0.168. The first kappa shape index (κ1) is 21.3. The van der Waals surface area contributed by atoms with E-state index >= 15 is 0 Å². The number of ether oxygens (including phenoxy) is 3. The van der Waals surface area contributed by atoms with Crippen LogP contribution in [0.3, 0.4) is 0 Å². The van der Waals surface area contributed by atoms with Crippen molar-refractivity contribution in [2.75, 3.05) is 19.8 Å². The maximum Gasteiger partial charge on any atom is 0.330 e. The highest BCUT2D eigenvalue weighted by molar-refractivity contribution is 6.35. The number of unbranched alkanes of at least 4 members (excludes halogenated alkanes) is 3. The van der Waals surface area contributed by atoms with Crippen LogP contribution in [0.1, 0.15) is 52.4 Å². The fourth-order valence-electron chi connectivity index (χ4n) is 1.93. The van der Waals surface area contributed by atoms with Crippen molar-refractivity contribution in [2.45, 2.75) is 70.8 Å². The zero-order valence-corrected chi connectivity index (χ0v) is 15.9. The van der Waals surface area contributed by atoms with Gasteiger partial charge in [-0.05, 0) is 25.3 Å². The Morgan fingerprint density at radius 3 is 2.23 bits per heavy atom. The zero-order chi connectivity index (χ0) is 16.5. The molecule has 0 rings (SSSR count). The molecule has 4 nitrogen and oxygen atoms in total. The Morgan fingerprint density at radius 2 is 1.68 bits per heavy atom. The minimum absolute atomic E-state index is 0.00311. The highest BCUT2D eigenvalue weighted by Gasteiger charge is 2.09. The van der Waals surface area contributed by atoms with Gasteiger partial charge in [0.05, 0.1) is 6.61 Å². The molecule has 5 heteroatoms. The van der Waals surface area contributed by atoms with Crippen molar-refractivity contribution in [3.05, 3.63) is 12.7 Å². The molecule has 0 radical (unpaired) electrons. The molecular weight excluding hydrogens is 296 g/mol. The molecular formula is C17H34O4Si. The quantitative estimate of drug-likeness (QED) is 0.143. The van der Waals surface area contributed by atoms with E-state index in [1.54, 1.807) is 0 Å². The van der Waals surface area contributed by atoms with Crippen molar-refractivity contribution in [3.63, 3.8) is 0 Å². The summed E-state index contributed by atoms with van der Waals surface area (Å²) >= 11 is 0. The van der Waals surface area contributed by atoms with E-state index in [4.69, 9.17) is 14.2 Å². The van der Waals surface area contributed by atoms with Crippen LogP contribution in [-0.2, 0) is 19.0 Å². The van der Waals surface area contributed by atoms with Gasteiger partial charge in [-0.15, -0.1) is 0 Å². The van der Waals surface area contributed by atoms with Gasteiger partial charge < -0.3 is 14.2 Å². The highest BCUT2D eigenvalue weighted by atomic mass is 28.2. The Bertz CT molecular complexity index is 261. The lowest BCUT2D eigenvalue weighted by Crippen LogP contribution is -2.20. The van der Waals surface area contributed by atoms with Crippen LogP contribution in [0.4, 0.5) is 0 Å². The predicted octanol–water partition coefficient (Wildman–Crippen LogP) is 3.46. The molecule has 0 heterocycles. The zero-order valence-electron chi connectivity index (χ0n) is 14.5. The smallest absolute Gasteiger partial charge is 0.330 e. The maximum absolute atomic E-state index is 10.9. The number of hydrogen-bond donors (Lipinski definition) is 0. The van der Waals surface area contributed by atoms with Crippen LogP contribution < -0.4 is 0 Å². The van der Waals surface area contributed by atoms with Gasteiger partial charge in [0.25, 0.3) is 0 Å². The van der Waals surface area contributed by atoms with E-state index in [-0.39, 0.29) is 21.8 Å². The van der Waals surface area contributed by atoms with Crippen molar-refractivity contribution in [3.8, 4) is 0 Å². The van der Waals surface area contributed by atoms with Crippen LogP contribution in [-0.4, -0.2) is 41.6 Å². The molecule has 0 bridgehead atoms. The van der Waals surface area contributed by atoms with E-state index in [9.17, 15) is 4.79 Å². The van der Waals surface area contributed by atoms with Gasteiger partial charge >= 0.3 is 5.97 Å². The second kappa shape index (κ2) is 16.7. The van der Waals surface area contributed by atoms with Crippen LogP contribution >= 0.6 is 0 Å². The van der Waals surface area contributed by atoms with Gasteiger partial charge in [0, 0.05) is 28.8 Å². The molecule has 0 unspecified atom stereocenters. The van der Waals surface area contributed by atoms with Crippen molar-refractivity contribution in [1.29, 1.82) is 0 Å². The summed E-state index contributed by atoms with van der Waals surface area (Å²) in [6.07, 6.45) is 7.78. The van der Waals surface area contributed by atoms with Gasteiger partial charge in [0.1, 0.15) is 0 Å². The van der Waals surface area contributed by atoms with E-state index in [1.165, 1.54) is 12.1 Å².